The highest BCUT2D eigenvalue weighted by atomic mass is 16.4. The summed E-state index contributed by atoms with van der Waals surface area (Å²) in [5.74, 6) is -1.28. The van der Waals surface area contributed by atoms with Crippen LogP contribution >= 0.6 is 0 Å². The van der Waals surface area contributed by atoms with Crippen LogP contribution in [0, 0.1) is 19.8 Å². The number of carbonyl (C=O) groups excluding carboxylic acids is 1. The number of hydrogen-bond donors (Lipinski definition) is 2. The maximum absolute atomic E-state index is 12.6. The van der Waals surface area contributed by atoms with Crippen LogP contribution in [0.25, 0.3) is 11.0 Å². The van der Waals surface area contributed by atoms with Crippen LogP contribution in [0.2, 0.25) is 0 Å². The molecule has 0 aliphatic carbocycles. The molecule has 124 valence electrons. The molecule has 1 atom stereocenters. The van der Waals surface area contributed by atoms with Gasteiger partial charge in [-0.15, -0.1) is 0 Å². The number of amides is 1. The van der Waals surface area contributed by atoms with Gasteiger partial charge in [-0.25, -0.2) is 9.78 Å². The van der Waals surface area contributed by atoms with Crippen molar-refractivity contribution in [2.24, 2.45) is 13.0 Å². The van der Waals surface area contributed by atoms with Crippen molar-refractivity contribution in [3.63, 3.8) is 0 Å². The van der Waals surface area contributed by atoms with Gasteiger partial charge >= 0.3 is 5.97 Å². The van der Waals surface area contributed by atoms with Crippen molar-refractivity contribution in [1.29, 1.82) is 0 Å². The Morgan fingerprint density at radius 2 is 2.00 bits per heavy atom. The van der Waals surface area contributed by atoms with E-state index in [2.05, 4.69) is 15.4 Å². The lowest BCUT2D eigenvalue weighted by atomic mass is 10.0. The third-order valence-electron chi connectivity index (χ3n) is 3.65. The van der Waals surface area contributed by atoms with E-state index in [9.17, 15) is 14.7 Å². The van der Waals surface area contributed by atoms with E-state index in [1.807, 2.05) is 13.8 Å². The quantitative estimate of drug-likeness (QED) is 0.876. The molecule has 2 aromatic heterocycles. The second kappa shape index (κ2) is 6.36. The van der Waals surface area contributed by atoms with Crippen LogP contribution in [0.3, 0.4) is 0 Å². The summed E-state index contributed by atoms with van der Waals surface area (Å²) >= 11 is 0. The van der Waals surface area contributed by atoms with Crippen LogP contribution < -0.4 is 5.32 Å². The summed E-state index contributed by atoms with van der Waals surface area (Å²) in [5, 5.41) is 16.9. The molecular formula is C16H22N4O3. The molecule has 1 amide bonds. The highest BCUT2D eigenvalue weighted by Gasteiger charge is 2.24. The zero-order chi connectivity index (χ0) is 17.3. The third kappa shape index (κ3) is 3.49. The summed E-state index contributed by atoms with van der Waals surface area (Å²) in [6.45, 7) is 7.44. The molecule has 7 heteroatoms. The number of carboxylic acids is 1. The first kappa shape index (κ1) is 16.9. The highest BCUT2D eigenvalue weighted by molar-refractivity contribution is 6.07. The number of nitrogens with zero attached hydrogens (tertiary/aromatic N) is 3. The van der Waals surface area contributed by atoms with E-state index in [0.717, 1.165) is 0 Å². The molecule has 0 saturated carbocycles. The lowest BCUT2D eigenvalue weighted by Gasteiger charge is -2.17. The zero-order valence-electron chi connectivity index (χ0n) is 14.0. The van der Waals surface area contributed by atoms with Crippen LogP contribution in [-0.2, 0) is 11.8 Å². The Hall–Kier alpha value is -2.44. The minimum Gasteiger partial charge on any atom is -0.480 e. The van der Waals surface area contributed by atoms with Gasteiger partial charge < -0.3 is 10.4 Å². The molecule has 7 nitrogen and oxygen atoms in total. The fourth-order valence-corrected chi connectivity index (χ4v) is 2.68. The summed E-state index contributed by atoms with van der Waals surface area (Å²) in [7, 11) is 1.77. The molecular weight excluding hydrogens is 296 g/mol. The molecule has 0 radical (unpaired) electrons. The van der Waals surface area contributed by atoms with E-state index < -0.39 is 17.9 Å². The van der Waals surface area contributed by atoms with Gasteiger partial charge in [-0.1, -0.05) is 13.8 Å². The number of carboxylic acid groups (broad SMARTS) is 1. The van der Waals surface area contributed by atoms with Gasteiger partial charge in [-0.3, -0.25) is 9.48 Å². The molecule has 2 rings (SSSR count). The van der Waals surface area contributed by atoms with Gasteiger partial charge in [0.2, 0.25) is 0 Å². The Bertz CT molecular complexity index is 764. The third-order valence-corrected chi connectivity index (χ3v) is 3.65. The molecule has 0 unspecified atom stereocenters. The average Bonchev–Trinajstić information content (AvgIpc) is 2.71. The van der Waals surface area contributed by atoms with Gasteiger partial charge in [-0.05, 0) is 32.3 Å². The molecule has 0 aliphatic heterocycles. The maximum atomic E-state index is 12.6. The fourth-order valence-electron chi connectivity index (χ4n) is 2.68. The number of nitrogens with one attached hydrogen (secondary N) is 1. The smallest absolute Gasteiger partial charge is 0.326 e. The second-order valence-corrected chi connectivity index (χ2v) is 6.21. The van der Waals surface area contributed by atoms with Crippen molar-refractivity contribution < 1.29 is 14.7 Å². The lowest BCUT2D eigenvalue weighted by Crippen LogP contribution is -2.41. The SMILES string of the molecule is Cc1cc(C(=O)N[C@H](CC(C)C)C(=O)O)c2c(C)nn(C)c2n1. The molecule has 0 bridgehead atoms. The van der Waals surface area contributed by atoms with Gasteiger partial charge in [0.25, 0.3) is 5.91 Å². The Morgan fingerprint density at radius 1 is 1.35 bits per heavy atom. The molecule has 23 heavy (non-hydrogen) atoms. The number of hydrogen-bond acceptors (Lipinski definition) is 4. The summed E-state index contributed by atoms with van der Waals surface area (Å²) in [6.07, 6.45) is 0.375. The minimum absolute atomic E-state index is 0.163. The monoisotopic (exact) mass is 318 g/mol. The first-order chi connectivity index (χ1) is 10.7. The lowest BCUT2D eigenvalue weighted by molar-refractivity contribution is -0.139. The molecule has 0 fully saturated rings. The summed E-state index contributed by atoms with van der Waals surface area (Å²) in [5.41, 5.74) is 2.40. The Morgan fingerprint density at radius 3 is 2.57 bits per heavy atom. The molecule has 0 aliphatic rings. The van der Waals surface area contributed by atoms with Crippen LogP contribution in [0.5, 0.6) is 0 Å². The predicted molar refractivity (Wildman–Crippen MR) is 86.3 cm³/mol. The molecule has 0 aromatic carbocycles. The average molecular weight is 318 g/mol. The van der Waals surface area contributed by atoms with Crippen molar-refractivity contribution in [2.75, 3.05) is 0 Å². The zero-order valence-corrected chi connectivity index (χ0v) is 14.0. The molecule has 0 spiro atoms. The first-order valence-electron chi connectivity index (χ1n) is 7.55. The van der Waals surface area contributed by atoms with E-state index in [1.165, 1.54) is 0 Å². The number of pyridine rings is 1. The van der Waals surface area contributed by atoms with E-state index in [-0.39, 0.29) is 5.92 Å². The van der Waals surface area contributed by atoms with Crippen LogP contribution in [0.4, 0.5) is 0 Å². The van der Waals surface area contributed by atoms with Crippen LogP contribution in [-0.4, -0.2) is 37.8 Å². The van der Waals surface area contributed by atoms with Gasteiger partial charge in [0.05, 0.1) is 16.6 Å². The number of aromatic nitrogens is 3. The standard InChI is InChI=1S/C16H22N4O3/c1-8(2)6-12(16(22)23)18-15(21)11-7-9(3)17-14-13(11)10(4)19-20(14)5/h7-8,12H,6H2,1-5H3,(H,18,21)(H,22,23)/t12-/m1/s1. The largest absolute Gasteiger partial charge is 0.480 e. The molecule has 2 N–H and O–H groups in total. The Balaban J connectivity index is 2.43. The van der Waals surface area contributed by atoms with Gasteiger partial charge in [0.15, 0.2) is 5.65 Å². The summed E-state index contributed by atoms with van der Waals surface area (Å²) in [6, 6.07) is 0.753. The van der Waals surface area contributed by atoms with Gasteiger partial charge in [0, 0.05) is 12.7 Å². The van der Waals surface area contributed by atoms with Crippen molar-refractivity contribution in [3.8, 4) is 0 Å². The summed E-state index contributed by atoms with van der Waals surface area (Å²) in [4.78, 5) is 28.4. The maximum Gasteiger partial charge on any atom is 0.326 e. The fraction of sp³-hybridized carbons (Fsp3) is 0.500. The van der Waals surface area contributed by atoms with Crippen molar-refractivity contribution in [2.45, 2.75) is 40.2 Å². The van der Waals surface area contributed by atoms with E-state index >= 15 is 0 Å². The van der Waals surface area contributed by atoms with Crippen LogP contribution in [0.1, 0.15) is 42.0 Å². The predicted octanol–water partition coefficient (Wildman–Crippen LogP) is 1.81. The number of fused-ring (bicyclic) bond motifs is 1. The Labute approximate surface area is 134 Å². The van der Waals surface area contributed by atoms with E-state index in [0.29, 0.717) is 34.4 Å². The van der Waals surface area contributed by atoms with E-state index in [1.54, 1.807) is 31.6 Å². The van der Waals surface area contributed by atoms with Gasteiger partial charge in [-0.2, -0.15) is 5.10 Å². The molecule has 0 saturated heterocycles. The second-order valence-electron chi connectivity index (χ2n) is 6.21. The topological polar surface area (TPSA) is 97.1 Å². The Kier molecular flexibility index (Phi) is 4.68. The normalized spacial score (nSPS) is 12.6. The number of aliphatic carboxylic acids is 1. The number of aryl methyl sites for hydroxylation is 3. The van der Waals surface area contributed by atoms with Crippen molar-refractivity contribution in [1.82, 2.24) is 20.1 Å². The van der Waals surface area contributed by atoms with Crippen molar-refractivity contribution in [3.05, 3.63) is 23.0 Å². The summed E-state index contributed by atoms with van der Waals surface area (Å²) < 4.78 is 1.62. The molecule has 2 heterocycles. The first-order valence-corrected chi connectivity index (χ1v) is 7.55. The minimum atomic E-state index is -1.03. The van der Waals surface area contributed by atoms with E-state index in [4.69, 9.17) is 0 Å². The van der Waals surface area contributed by atoms with Crippen LogP contribution in [0.15, 0.2) is 6.07 Å². The van der Waals surface area contributed by atoms with Crippen molar-refractivity contribution >= 4 is 22.9 Å². The number of rotatable bonds is 5. The molecule has 2 aromatic rings. The number of carbonyl (C=O) groups is 2. The van der Waals surface area contributed by atoms with Gasteiger partial charge in [0.1, 0.15) is 6.04 Å². The highest BCUT2D eigenvalue weighted by Crippen LogP contribution is 2.22.